The zero-order chi connectivity index (χ0) is 24.7. The average molecular weight is 479 g/mol. The normalized spacial score (nSPS) is 16.9. The maximum absolute atomic E-state index is 13.5. The van der Waals surface area contributed by atoms with E-state index in [0.717, 1.165) is 16.7 Å². The fourth-order valence-corrected chi connectivity index (χ4v) is 4.92. The number of aromatic nitrogens is 2. The molecule has 1 unspecified atom stereocenters. The van der Waals surface area contributed by atoms with Crippen LogP contribution in [0.3, 0.4) is 0 Å². The number of rotatable bonds is 6. The summed E-state index contributed by atoms with van der Waals surface area (Å²) in [5.74, 6) is 1.15. The molecule has 0 radical (unpaired) electrons. The van der Waals surface area contributed by atoms with Crippen LogP contribution in [0.15, 0.2) is 41.2 Å². The maximum Gasteiger partial charge on any atom is 0.295 e. The van der Waals surface area contributed by atoms with Crippen molar-refractivity contribution in [3.8, 4) is 28.4 Å². The van der Waals surface area contributed by atoms with Gasteiger partial charge in [0.25, 0.3) is 11.2 Å². The van der Waals surface area contributed by atoms with Gasteiger partial charge in [0, 0.05) is 42.0 Å². The van der Waals surface area contributed by atoms with Crippen LogP contribution in [-0.4, -0.2) is 53.2 Å². The summed E-state index contributed by atoms with van der Waals surface area (Å²) in [5.41, 5.74) is 2.98. The number of aliphatic hydroxyl groups excluding tert-OH is 1. The van der Waals surface area contributed by atoms with Crippen molar-refractivity contribution in [1.29, 1.82) is 0 Å². The Bertz CT molecular complexity index is 1350. The van der Waals surface area contributed by atoms with Crippen molar-refractivity contribution in [2.75, 3.05) is 32.2 Å². The van der Waals surface area contributed by atoms with Gasteiger partial charge in [-0.3, -0.25) is 14.9 Å². The predicted octanol–water partition coefficient (Wildman–Crippen LogP) is 2.88. The molecule has 10 heteroatoms. The first kappa shape index (κ1) is 22.9. The molecular formula is C25H26N4O6. The Hall–Kier alpha value is -3.92. The number of hydrogen-bond donors (Lipinski definition) is 1. The van der Waals surface area contributed by atoms with Crippen LogP contribution >= 0.6 is 0 Å². The Labute approximate surface area is 201 Å². The van der Waals surface area contributed by atoms with Crippen molar-refractivity contribution in [3.63, 3.8) is 0 Å². The topological polar surface area (TPSA) is 120 Å². The number of nitro benzene ring substituents is 1. The number of benzene rings is 2. The van der Waals surface area contributed by atoms with Crippen molar-refractivity contribution in [1.82, 2.24) is 9.78 Å². The van der Waals surface area contributed by atoms with E-state index in [1.54, 1.807) is 32.4 Å². The molecule has 0 bridgehead atoms. The number of nitro groups is 1. The van der Waals surface area contributed by atoms with E-state index >= 15 is 0 Å². The molecule has 1 saturated heterocycles. The molecule has 1 atom stereocenters. The molecule has 3 aromatic rings. The third-order valence-corrected chi connectivity index (χ3v) is 6.69. The number of fused-ring (bicyclic) bond motifs is 1. The maximum atomic E-state index is 13.5. The average Bonchev–Trinajstić information content (AvgIpc) is 3.53. The second-order valence-corrected chi connectivity index (χ2v) is 8.80. The van der Waals surface area contributed by atoms with Crippen LogP contribution in [0.5, 0.6) is 11.5 Å². The summed E-state index contributed by atoms with van der Waals surface area (Å²) in [7, 11) is 3.11. The molecule has 1 N–H and O–H groups in total. The van der Waals surface area contributed by atoms with Gasteiger partial charge in [-0.1, -0.05) is 0 Å². The highest BCUT2D eigenvalue weighted by molar-refractivity contribution is 5.70. The van der Waals surface area contributed by atoms with Gasteiger partial charge < -0.3 is 19.5 Å². The van der Waals surface area contributed by atoms with Crippen molar-refractivity contribution >= 4 is 11.4 Å². The summed E-state index contributed by atoms with van der Waals surface area (Å²) in [5, 5.41) is 26.6. The number of anilines is 1. The molecule has 5 rings (SSSR count). The predicted molar refractivity (Wildman–Crippen MR) is 130 cm³/mol. The first-order valence-electron chi connectivity index (χ1n) is 11.5. The van der Waals surface area contributed by atoms with Gasteiger partial charge in [0.05, 0.1) is 30.9 Å². The molecule has 2 aromatic carbocycles. The van der Waals surface area contributed by atoms with E-state index in [1.165, 1.54) is 6.07 Å². The fraction of sp³-hybridized carbons (Fsp3) is 0.360. The quantitative estimate of drug-likeness (QED) is 0.424. The van der Waals surface area contributed by atoms with E-state index < -0.39 is 11.0 Å². The van der Waals surface area contributed by atoms with Crippen molar-refractivity contribution in [2.45, 2.75) is 31.8 Å². The lowest BCUT2D eigenvalue weighted by Crippen LogP contribution is -2.27. The van der Waals surface area contributed by atoms with Crippen LogP contribution < -0.4 is 19.9 Å². The van der Waals surface area contributed by atoms with Crippen LogP contribution in [0.2, 0.25) is 0 Å². The molecule has 182 valence electrons. The van der Waals surface area contributed by atoms with Gasteiger partial charge in [-0.15, -0.1) is 0 Å². The highest BCUT2D eigenvalue weighted by Gasteiger charge is 2.28. The molecule has 10 nitrogen and oxygen atoms in total. The van der Waals surface area contributed by atoms with Gasteiger partial charge in [-0.25, -0.2) is 0 Å². The molecule has 1 aromatic heterocycles. The molecule has 1 aliphatic heterocycles. The SMILES string of the molecule is COc1cc(OC)cc(-c2nn(-c3cc(N4CCC(O)C4)ccc3[N+](=O)[O-])c(=O)c3c2CCC3)c1. The minimum Gasteiger partial charge on any atom is -0.497 e. The van der Waals surface area contributed by atoms with E-state index in [-0.39, 0.29) is 16.9 Å². The van der Waals surface area contributed by atoms with Gasteiger partial charge >= 0.3 is 0 Å². The van der Waals surface area contributed by atoms with Crippen molar-refractivity contribution < 1.29 is 19.5 Å². The monoisotopic (exact) mass is 478 g/mol. The minimum absolute atomic E-state index is 0.102. The third-order valence-electron chi connectivity index (χ3n) is 6.69. The molecule has 2 heterocycles. The lowest BCUT2D eigenvalue weighted by atomic mass is 10.0. The Morgan fingerprint density at radius 3 is 2.43 bits per heavy atom. The molecule has 0 saturated carbocycles. The Balaban J connectivity index is 1.74. The number of β-amino-alcohol motifs (C(OH)–C–C–N with tert-alkyl or cyclic N) is 1. The standard InChI is InChI=1S/C25H26N4O6/c1-34-18-10-15(11-19(13-18)35-2)24-20-4-3-5-21(20)25(31)28(26-24)23-12-16(6-7-22(23)29(32)33)27-9-8-17(30)14-27/h6-7,10-13,17,30H,3-5,8-9,14H2,1-2H3. The number of methoxy groups -OCH3 is 2. The number of aliphatic hydroxyl groups is 1. The second kappa shape index (κ2) is 9.03. The summed E-state index contributed by atoms with van der Waals surface area (Å²) in [6.45, 7) is 1.05. The summed E-state index contributed by atoms with van der Waals surface area (Å²) in [6.07, 6.45) is 2.24. The molecule has 2 aliphatic rings. The summed E-state index contributed by atoms with van der Waals surface area (Å²) in [6, 6.07) is 10.0. The number of hydrogen-bond acceptors (Lipinski definition) is 8. The van der Waals surface area contributed by atoms with Crippen LogP contribution in [0.25, 0.3) is 16.9 Å². The fourth-order valence-electron chi connectivity index (χ4n) is 4.92. The van der Waals surface area contributed by atoms with E-state index in [2.05, 4.69) is 5.10 Å². The van der Waals surface area contributed by atoms with E-state index in [9.17, 15) is 20.0 Å². The molecule has 0 amide bonds. The second-order valence-electron chi connectivity index (χ2n) is 8.80. The molecular weight excluding hydrogens is 452 g/mol. The van der Waals surface area contributed by atoms with Gasteiger partial charge in [0.1, 0.15) is 17.2 Å². The van der Waals surface area contributed by atoms with Crippen LogP contribution in [0, 0.1) is 10.1 Å². The van der Waals surface area contributed by atoms with E-state index in [0.29, 0.717) is 66.4 Å². The first-order chi connectivity index (χ1) is 16.9. The first-order valence-corrected chi connectivity index (χ1v) is 11.5. The minimum atomic E-state index is -0.506. The molecule has 1 fully saturated rings. The van der Waals surface area contributed by atoms with Gasteiger partial charge in [-0.05, 0) is 55.5 Å². The largest absolute Gasteiger partial charge is 0.497 e. The van der Waals surface area contributed by atoms with Crippen molar-refractivity contribution in [2.24, 2.45) is 0 Å². The van der Waals surface area contributed by atoms with Gasteiger partial charge in [0.2, 0.25) is 0 Å². The highest BCUT2D eigenvalue weighted by atomic mass is 16.6. The van der Waals surface area contributed by atoms with E-state index in [1.807, 2.05) is 17.0 Å². The van der Waals surface area contributed by atoms with Gasteiger partial charge in [0.15, 0.2) is 0 Å². The van der Waals surface area contributed by atoms with Crippen LogP contribution in [-0.2, 0) is 12.8 Å². The lowest BCUT2D eigenvalue weighted by molar-refractivity contribution is -0.384. The third kappa shape index (κ3) is 4.10. The Morgan fingerprint density at radius 1 is 1.09 bits per heavy atom. The summed E-state index contributed by atoms with van der Waals surface area (Å²) < 4.78 is 12.0. The van der Waals surface area contributed by atoms with Gasteiger partial charge in [-0.2, -0.15) is 9.78 Å². The molecule has 35 heavy (non-hydrogen) atoms. The van der Waals surface area contributed by atoms with Crippen LogP contribution in [0.4, 0.5) is 11.4 Å². The smallest absolute Gasteiger partial charge is 0.295 e. The molecule has 0 spiro atoms. The Morgan fingerprint density at radius 2 is 1.80 bits per heavy atom. The highest BCUT2D eigenvalue weighted by Crippen LogP contribution is 2.35. The summed E-state index contributed by atoms with van der Waals surface area (Å²) >= 11 is 0. The Kier molecular flexibility index (Phi) is 5.89. The number of nitrogens with zero attached hydrogens (tertiary/aromatic N) is 4. The zero-order valence-electron chi connectivity index (χ0n) is 19.6. The lowest BCUT2D eigenvalue weighted by Gasteiger charge is -2.19. The van der Waals surface area contributed by atoms with E-state index in [4.69, 9.17) is 9.47 Å². The van der Waals surface area contributed by atoms with Crippen molar-refractivity contribution in [3.05, 3.63) is 68.0 Å². The zero-order valence-corrected chi connectivity index (χ0v) is 19.6. The number of ether oxygens (including phenoxy) is 2. The molecule has 1 aliphatic carbocycles. The summed E-state index contributed by atoms with van der Waals surface area (Å²) in [4.78, 5) is 26.9. The van der Waals surface area contributed by atoms with Crippen LogP contribution in [0.1, 0.15) is 24.0 Å².